The lowest BCUT2D eigenvalue weighted by Gasteiger charge is -2.45. The Hall–Kier alpha value is -2.29. The maximum absolute atomic E-state index is 13.2. The van der Waals surface area contributed by atoms with Gasteiger partial charge < -0.3 is 4.90 Å². The number of nitrogens with zero attached hydrogens (tertiary/aromatic N) is 7. The Balaban J connectivity index is 1.57. The number of carbonyl (C=O) groups is 1. The molecule has 1 unspecified atom stereocenters. The standard InChI is InChI=1S/C20H32N8O/c1-14(2)8-11-28-19(23-24-25-28)20(26(3)4)9-5-10-27(13-20)18(29)17-12-16(21-22-17)15-6-7-15/h12,14-15H,5-11,13H2,1-4H3,(H,21,22). The Bertz CT molecular complexity index is 852. The van der Waals surface area contributed by atoms with Crippen molar-refractivity contribution in [3.63, 3.8) is 0 Å². The average molecular weight is 401 g/mol. The van der Waals surface area contributed by atoms with Crippen molar-refractivity contribution in [1.82, 2.24) is 40.2 Å². The third-order valence-corrected chi connectivity index (χ3v) is 6.31. The third kappa shape index (κ3) is 3.92. The number of likely N-dealkylation sites (tertiary alicyclic amines) is 1. The quantitative estimate of drug-likeness (QED) is 0.764. The highest BCUT2D eigenvalue weighted by Gasteiger charge is 2.45. The van der Waals surface area contributed by atoms with Crippen LogP contribution in [0.2, 0.25) is 0 Å². The van der Waals surface area contributed by atoms with Gasteiger partial charge in [-0.1, -0.05) is 13.8 Å². The largest absolute Gasteiger partial charge is 0.335 e. The number of aromatic nitrogens is 6. The Morgan fingerprint density at radius 3 is 2.86 bits per heavy atom. The monoisotopic (exact) mass is 400 g/mol. The predicted octanol–water partition coefficient (Wildman–Crippen LogP) is 2.01. The summed E-state index contributed by atoms with van der Waals surface area (Å²) < 4.78 is 1.92. The molecule has 3 heterocycles. The maximum Gasteiger partial charge on any atom is 0.274 e. The molecule has 9 heteroatoms. The predicted molar refractivity (Wildman–Crippen MR) is 108 cm³/mol. The van der Waals surface area contributed by atoms with Gasteiger partial charge in [0.2, 0.25) is 0 Å². The molecule has 0 radical (unpaired) electrons. The van der Waals surface area contributed by atoms with Crippen molar-refractivity contribution < 1.29 is 4.79 Å². The number of rotatable bonds is 7. The number of piperidine rings is 1. The molecule has 1 amide bonds. The second kappa shape index (κ2) is 7.85. The van der Waals surface area contributed by atoms with E-state index in [2.05, 4.69) is 58.6 Å². The van der Waals surface area contributed by atoms with Gasteiger partial charge in [-0.25, -0.2) is 4.68 Å². The molecule has 1 atom stereocenters. The lowest BCUT2D eigenvalue weighted by molar-refractivity contribution is 0.0253. The zero-order chi connectivity index (χ0) is 20.6. The van der Waals surface area contributed by atoms with E-state index >= 15 is 0 Å². The number of nitrogens with one attached hydrogen (secondary N) is 1. The van der Waals surface area contributed by atoms with Crippen LogP contribution in [0, 0.1) is 5.92 Å². The van der Waals surface area contributed by atoms with E-state index in [1.165, 1.54) is 12.8 Å². The van der Waals surface area contributed by atoms with Crippen molar-refractivity contribution >= 4 is 5.91 Å². The highest BCUT2D eigenvalue weighted by Crippen LogP contribution is 2.39. The van der Waals surface area contributed by atoms with Crippen LogP contribution in [0.4, 0.5) is 0 Å². The Morgan fingerprint density at radius 1 is 1.38 bits per heavy atom. The minimum absolute atomic E-state index is 0.0136. The zero-order valence-electron chi connectivity index (χ0n) is 17.9. The number of tetrazole rings is 1. The van der Waals surface area contributed by atoms with Gasteiger partial charge in [-0.2, -0.15) is 5.10 Å². The fraction of sp³-hybridized carbons (Fsp3) is 0.750. The van der Waals surface area contributed by atoms with E-state index in [-0.39, 0.29) is 5.91 Å². The van der Waals surface area contributed by atoms with Gasteiger partial charge in [0.15, 0.2) is 5.82 Å². The Kier molecular flexibility index (Phi) is 5.42. The molecule has 1 saturated heterocycles. The molecule has 1 N–H and O–H groups in total. The normalized spacial score (nSPS) is 22.6. The lowest BCUT2D eigenvalue weighted by atomic mass is 9.86. The number of carbonyl (C=O) groups excluding carboxylic acids is 1. The molecule has 0 aromatic carbocycles. The van der Waals surface area contributed by atoms with Crippen molar-refractivity contribution in [1.29, 1.82) is 0 Å². The van der Waals surface area contributed by atoms with Crippen molar-refractivity contribution in [2.24, 2.45) is 5.92 Å². The molecule has 9 nitrogen and oxygen atoms in total. The molecule has 2 aromatic heterocycles. The van der Waals surface area contributed by atoms with Gasteiger partial charge in [0.25, 0.3) is 5.91 Å². The summed E-state index contributed by atoms with van der Waals surface area (Å²) in [6.07, 6.45) is 5.20. The van der Waals surface area contributed by atoms with Crippen LogP contribution in [0.3, 0.4) is 0 Å². The third-order valence-electron chi connectivity index (χ3n) is 6.31. The molecule has 1 saturated carbocycles. The van der Waals surface area contributed by atoms with E-state index < -0.39 is 5.54 Å². The van der Waals surface area contributed by atoms with E-state index in [0.717, 1.165) is 43.9 Å². The van der Waals surface area contributed by atoms with Gasteiger partial charge >= 0.3 is 0 Å². The second-order valence-corrected chi connectivity index (χ2v) is 9.15. The molecule has 158 valence electrons. The van der Waals surface area contributed by atoms with Gasteiger partial charge in [0.05, 0.1) is 0 Å². The van der Waals surface area contributed by atoms with Crippen molar-refractivity contribution in [2.75, 3.05) is 27.2 Å². The first kappa shape index (κ1) is 20.0. The summed E-state index contributed by atoms with van der Waals surface area (Å²) in [6, 6.07) is 1.93. The molecule has 29 heavy (non-hydrogen) atoms. The van der Waals surface area contributed by atoms with E-state index in [9.17, 15) is 4.79 Å². The van der Waals surface area contributed by atoms with Gasteiger partial charge in [-0.05, 0) is 68.6 Å². The first-order chi connectivity index (χ1) is 13.9. The molecule has 2 aliphatic rings. The molecule has 2 fully saturated rings. The smallest absolute Gasteiger partial charge is 0.274 e. The number of hydrogen-bond donors (Lipinski definition) is 1. The number of amides is 1. The van der Waals surface area contributed by atoms with Crippen LogP contribution in [0.5, 0.6) is 0 Å². The maximum atomic E-state index is 13.2. The summed E-state index contributed by atoms with van der Waals surface area (Å²) in [5.74, 6) is 1.96. The molecular weight excluding hydrogens is 368 g/mol. The van der Waals surface area contributed by atoms with Crippen LogP contribution in [0.15, 0.2) is 6.07 Å². The van der Waals surface area contributed by atoms with Crippen LogP contribution in [0.1, 0.15) is 73.9 Å². The number of aryl methyl sites for hydroxylation is 1. The summed E-state index contributed by atoms with van der Waals surface area (Å²) in [6.45, 7) is 6.48. The van der Waals surface area contributed by atoms with Crippen LogP contribution in [0.25, 0.3) is 0 Å². The topological polar surface area (TPSA) is 95.8 Å². The lowest BCUT2D eigenvalue weighted by Crippen LogP contribution is -2.56. The number of aromatic amines is 1. The van der Waals surface area contributed by atoms with Gasteiger partial charge in [-0.3, -0.25) is 14.8 Å². The van der Waals surface area contributed by atoms with Crippen LogP contribution in [-0.2, 0) is 12.1 Å². The average Bonchev–Trinajstić information content (AvgIpc) is 3.24. The summed E-state index contributed by atoms with van der Waals surface area (Å²) >= 11 is 0. The first-order valence-corrected chi connectivity index (χ1v) is 10.7. The molecule has 4 rings (SSSR count). The zero-order valence-corrected chi connectivity index (χ0v) is 17.9. The van der Waals surface area contributed by atoms with Crippen molar-refractivity contribution in [3.05, 3.63) is 23.3 Å². The van der Waals surface area contributed by atoms with E-state index in [1.54, 1.807) is 0 Å². The van der Waals surface area contributed by atoms with E-state index in [4.69, 9.17) is 0 Å². The van der Waals surface area contributed by atoms with E-state index in [1.807, 2.05) is 15.6 Å². The van der Waals surface area contributed by atoms with Crippen molar-refractivity contribution in [3.8, 4) is 0 Å². The summed E-state index contributed by atoms with van der Waals surface area (Å²) in [7, 11) is 4.10. The minimum atomic E-state index is -0.399. The van der Waals surface area contributed by atoms with E-state index in [0.29, 0.717) is 24.1 Å². The summed E-state index contributed by atoms with van der Waals surface area (Å²) in [4.78, 5) is 17.3. The van der Waals surface area contributed by atoms with Crippen molar-refractivity contribution in [2.45, 2.75) is 64.0 Å². The molecule has 2 aromatic rings. The number of H-pyrrole nitrogens is 1. The fourth-order valence-corrected chi connectivity index (χ4v) is 4.24. The number of hydrogen-bond acceptors (Lipinski definition) is 6. The summed E-state index contributed by atoms with van der Waals surface area (Å²) in [5, 5.41) is 20.0. The summed E-state index contributed by atoms with van der Waals surface area (Å²) in [5.41, 5.74) is 1.20. The van der Waals surface area contributed by atoms with Crippen LogP contribution in [-0.4, -0.2) is 73.3 Å². The Morgan fingerprint density at radius 2 is 2.17 bits per heavy atom. The second-order valence-electron chi connectivity index (χ2n) is 9.15. The van der Waals surface area contributed by atoms with Gasteiger partial charge in [0, 0.05) is 31.2 Å². The molecule has 1 aliphatic heterocycles. The van der Waals surface area contributed by atoms with Crippen LogP contribution < -0.4 is 0 Å². The minimum Gasteiger partial charge on any atom is -0.335 e. The molecule has 1 aliphatic carbocycles. The molecule has 0 bridgehead atoms. The molecule has 0 spiro atoms. The van der Waals surface area contributed by atoms with Crippen LogP contribution >= 0.6 is 0 Å². The highest BCUT2D eigenvalue weighted by atomic mass is 16.2. The fourth-order valence-electron chi connectivity index (χ4n) is 4.24. The van der Waals surface area contributed by atoms with Gasteiger partial charge in [-0.15, -0.1) is 5.10 Å². The Labute approximate surface area is 171 Å². The first-order valence-electron chi connectivity index (χ1n) is 10.7. The SMILES string of the molecule is CC(C)CCn1nnnc1C1(N(C)C)CCCN(C(=O)c2cc(C3CC3)[nH]n2)C1. The number of likely N-dealkylation sites (N-methyl/N-ethyl adjacent to an activating group) is 1. The van der Waals surface area contributed by atoms with Gasteiger partial charge in [0.1, 0.15) is 11.2 Å². The highest BCUT2D eigenvalue weighted by molar-refractivity contribution is 5.92. The molecular formula is C20H32N8O.